The van der Waals surface area contributed by atoms with Crippen molar-refractivity contribution < 1.29 is 0 Å². The van der Waals surface area contributed by atoms with E-state index >= 15 is 0 Å². The predicted octanol–water partition coefficient (Wildman–Crippen LogP) is 4.36. The van der Waals surface area contributed by atoms with Crippen LogP contribution in [0, 0.1) is 22.7 Å². The zero-order chi connectivity index (χ0) is 19.9. The van der Waals surface area contributed by atoms with E-state index in [9.17, 15) is 10.5 Å². The summed E-state index contributed by atoms with van der Waals surface area (Å²) in [5.41, 5.74) is 4.53. The van der Waals surface area contributed by atoms with Crippen molar-refractivity contribution in [3.63, 3.8) is 0 Å². The largest absolute Gasteiger partial charge is 0.378 e. The first-order chi connectivity index (χ1) is 13.6. The highest BCUT2D eigenvalue weighted by Gasteiger charge is 2.15. The van der Waals surface area contributed by atoms with Crippen LogP contribution in [0.1, 0.15) is 17.5 Å². The van der Waals surface area contributed by atoms with Crippen LogP contribution in [0.3, 0.4) is 0 Å². The third-order valence-electron chi connectivity index (χ3n) is 4.27. The number of nitriles is 2. The second-order valence-corrected chi connectivity index (χ2v) is 6.44. The monoisotopic (exact) mass is 365 g/mol. The molecule has 136 valence electrons. The van der Waals surface area contributed by atoms with Crippen molar-refractivity contribution in [3.8, 4) is 12.1 Å². The van der Waals surface area contributed by atoms with Crippen molar-refractivity contribution in [1.82, 2.24) is 0 Å². The highest BCUT2D eigenvalue weighted by molar-refractivity contribution is 6.17. The van der Waals surface area contributed by atoms with E-state index in [-0.39, 0.29) is 11.4 Å². The molecule has 0 radical (unpaired) electrons. The first kappa shape index (κ1) is 18.8. The van der Waals surface area contributed by atoms with E-state index in [2.05, 4.69) is 9.98 Å². The second-order valence-electron chi connectivity index (χ2n) is 6.44. The number of hydrogen-bond acceptors (Lipinski definition) is 5. The Balaban J connectivity index is 1.95. The van der Waals surface area contributed by atoms with E-state index in [1.807, 2.05) is 97.9 Å². The van der Waals surface area contributed by atoms with E-state index in [0.717, 1.165) is 16.8 Å². The van der Waals surface area contributed by atoms with Crippen LogP contribution in [-0.4, -0.2) is 25.5 Å². The fourth-order valence-electron chi connectivity index (χ4n) is 2.76. The van der Waals surface area contributed by atoms with Crippen LogP contribution >= 0.6 is 0 Å². The average molecular weight is 365 g/mol. The maximum Gasteiger partial charge on any atom is 0.177 e. The van der Waals surface area contributed by atoms with Crippen molar-refractivity contribution in [3.05, 3.63) is 83.2 Å². The van der Waals surface area contributed by atoms with Gasteiger partial charge < -0.3 is 4.90 Å². The summed E-state index contributed by atoms with van der Waals surface area (Å²) in [6, 6.07) is 21.7. The van der Waals surface area contributed by atoms with Crippen LogP contribution in [-0.2, 0) is 0 Å². The summed E-state index contributed by atoms with van der Waals surface area (Å²) < 4.78 is 0. The predicted molar refractivity (Wildman–Crippen MR) is 113 cm³/mol. The maximum atomic E-state index is 9.40. The lowest BCUT2D eigenvalue weighted by Gasteiger charge is -2.11. The fraction of sp³-hybridized carbons (Fsp3) is 0.130. The summed E-state index contributed by atoms with van der Waals surface area (Å²) in [5, 5.41) is 18.8. The third-order valence-corrected chi connectivity index (χ3v) is 4.27. The summed E-state index contributed by atoms with van der Waals surface area (Å²) in [5.74, 6) is 0. The van der Waals surface area contributed by atoms with Crippen molar-refractivity contribution in [1.29, 1.82) is 10.5 Å². The van der Waals surface area contributed by atoms with E-state index in [1.54, 1.807) is 0 Å². The Morgan fingerprint density at radius 1 is 0.857 bits per heavy atom. The minimum absolute atomic E-state index is 0.0380. The van der Waals surface area contributed by atoms with E-state index in [0.29, 0.717) is 17.8 Å². The summed E-state index contributed by atoms with van der Waals surface area (Å²) in [6.07, 6.45) is 4.26. The van der Waals surface area contributed by atoms with E-state index in [1.165, 1.54) is 0 Å². The van der Waals surface area contributed by atoms with Crippen LogP contribution in [0.4, 0.5) is 5.69 Å². The Kier molecular flexibility index (Phi) is 5.79. The summed E-state index contributed by atoms with van der Waals surface area (Å²) >= 11 is 0. The molecule has 0 saturated carbocycles. The molecule has 2 aromatic carbocycles. The number of allylic oxidation sites excluding steroid dienone is 3. The van der Waals surface area contributed by atoms with Crippen LogP contribution in [0.15, 0.2) is 82.1 Å². The molecule has 0 bridgehead atoms. The Labute approximate surface area is 164 Å². The van der Waals surface area contributed by atoms with E-state index in [4.69, 9.17) is 0 Å². The highest BCUT2D eigenvalue weighted by Crippen LogP contribution is 2.19. The number of aliphatic imine (C=N–C) groups is 2. The van der Waals surface area contributed by atoms with Gasteiger partial charge in [0.2, 0.25) is 0 Å². The number of rotatable bonds is 4. The van der Waals surface area contributed by atoms with Crippen molar-refractivity contribution in [2.45, 2.75) is 6.42 Å². The number of nitrogens with zero attached hydrogens (tertiary/aromatic N) is 5. The molecule has 28 heavy (non-hydrogen) atoms. The van der Waals surface area contributed by atoms with Gasteiger partial charge in [0.1, 0.15) is 12.1 Å². The Morgan fingerprint density at radius 3 is 2.11 bits per heavy atom. The molecular formula is C23H19N5. The first-order valence-electron chi connectivity index (χ1n) is 8.81. The van der Waals surface area contributed by atoms with Crippen molar-refractivity contribution >= 4 is 23.2 Å². The topological polar surface area (TPSA) is 75.5 Å². The van der Waals surface area contributed by atoms with Gasteiger partial charge in [-0.1, -0.05) is 48.5 Å². The summed E-state index contributed by atoms with van der Waals surface area (Å²) in [6.45, 7) is 0. The molecule has 0 aromatic heterocycles. The lowest BCUT2D eigenvalue weighted by molar-refractivity contribution is 1.13. The normalized spacial score (nSPS) is 14.0. The lowest BCUT2D eigenvalue weighted by Crippen LogP contribution is -2.08. The quantitative estimate of drug-likeness (QED) is 0.808. The fourth-order valence-corrected chi connectivity index (χ4v) is 2.76. The second kappa shape index (κ2) is 8.62. The van der Waals surface area contributed by atoms with Crippen molar-refractivity contribution in [2.75, 3.05) is 19.0 Å². The molecule has 0 saturated heterocycles. The maximum absolute atomic E-state index is 9.40. The smallest absolute Gasteiger partial charge is 0.177 e. The Morgan fingerprint density at radius 2 is 1.50 bits per heavy atom. The molecule has 0 amide bonds. The van der Waals surface area contributed by atoms with Gasteiger partial charge in [0.05, 0.1) is 5.71 Å². The van der Waals surface area contributed by atoms with Gasteiger partial charge >= 0.3 is 0 Å². The third kappa shape index (κ3) is 4.41. The molecule has 2 aromatic rings. The van der Waals surface area contributed by atoms with Gasteiger partial charge in [0.25, 0.3) is 0 Å². The Hall–Kier alpha value is -3.96. The molecular weight excluding hydrogens is 346 g/mol. The van der Waals surface area contributed by atoms with Gasteiger partial charge in [-0.15, -0.1) is 0 Å². The van der Waals surface area contributed by atoms with Gasteiger partial charge in [-0.3, -0.25) is 0 Å². The molecule has 0 N–H and O–H groups in total. The molecule has 0 spiro atoms. The van der Waals surface area contributed by atoms with E-state index < -0.39 is 0 Å². The molecule has 3 rings (SSSR count). The SMILES string of the molecule is CN(C)c1ccc(/C=C/C2=NC(C#N)=C(C#N)N=C(c3ccccc3)C2)cc1. The van der Waals surface area contributed by atoms with Gasteiger partial charge in [-0.05, 0) is 29.3 Å². The first-order valence-corrected chi connectivity index (χ1v) is 8.81. The van der Waals surface area contributed by atoms with Crippen LogP contribution in [0.2, 0.25) is 0 Å². The Bertz CT molecular complexity index is 1060. The number of anilines is 1. The highest BCUT2D eigenvalue weighted by atomic mass is 15.1. The summed E-state index contributed by atoms with van der Waals surface area (Å²) in [4.78, 5) is 10.8. The molecule has 1 aliphatic heterocycles. The number of benzene rings is 2. The molecule has 5 nitrogen and oxygen atoms in total. The molecule has 1 heterocycles. The van der Waals surface area contributed by atoms with Crippen LogP contribution in [0.25, 0.3) is 6.08 Å². The van der Waals surface area contributed by atoms with Gasteiger partial charge in [-0.25, -0.2) is 9.98 Å². The number of hydrogen-bond donors (Lipinski definition) is 0. The minimum atomic E-state index is 0.0380. The molecule has 0 aliphatic carbocycles. The average Bonchev–Trinajstić information content (AvgIpc) is 2.92. The molecule has 1 aliphatic rings. The van der Waals surface area contributed by atoms with Gasteiger partial charge in [-0.2, -0.15) is 10.5 Å². The van der Waals surface area contributed by atoms with Gasteiger partial charge in [0.15, 0.2) is 11.4 Å². The zero-order valence-corrected chi connectivity index (χ0v) is 15.8. The minimum Gasteiger partial charge on any atom is -0.378 e. The molecule has 0 fully saturated rings. The van der Waals surface area contributed by atoms with Crippen LogP contribution < -0.4 is 4.90 Å². The lowest BCUT2D eigenvalue weighted by atomic mass is 10.0. The molecule has 0 unspecified atom stereocenters. The standard InChI is InChI=1S/C23H19N5/c1-28(2)20-12-9-17(10-13-20)8-11-19-14-21(18-6-4-3-5-7-18)27-23(16-25)22(15-24)26-19/h3-13H,14H2,1-2H3/b11-8+. The zero-order valence-electron chi connectivity index (χ0n) is 15.8. The van der Waals surface area contributed by atoms with Crippen LogP contribution in [0.5, 0.6) is 0 Å². The molecule has 5 heteroatoms. The summed E-state index contributed by atoms with van der Waals surface area (Å²) in [7, 11) is 4.00. The molecule has 0 atom stereocenters. The van der Waals surface area contributed by atoms with Crippen molar-refractivity contribution in [2.24, 2.45) is 9.98 Å². The van der Waals surface area contributed by atoms with Gasteiger partial charge in [0, 0.05) is 31.9 Å².